The minimum Gasteiger partial charge on any atom is -0.417 e. The smallest absolute Gasteiger partial charge is 0.417 e. The Morgan fingerprint density at radius 1 is 0.700 bits per heavy atom. The summed E-state index contributed by atoms with van der Waals surface area (Å²) in [5, 5.41) is -0.697. The molecule has 0 radical (unpaired) electrons. The summed E-state index contributed by atoms with van der Waals surface area (Å²) in [6.45, 7) is 0. The number of hydrogen-bond acceptors (Lipinski definition) is 6. The normalized spacial score (nSPS) is 13.3. The zero-order valence-electron chi connectivity index (χ0n) is 13.8. The van der Waals surface area contributed by atoms with Gasteiger partial charge in [0.2, 0.25) is 0 Å². The molecule has 0 fully saturated rings. The van der Waals surface area contributed by atoms with Crippen molar-refractivity contribution in [2.75, 3.05) is 0 Å². The van der Waals surface area contributed by atoms with E-state index in [4.69, 9.17) is 23.2 Å². The maximum absolute atomic E-state index is 12.6. The Balaban J connectivity index is 2.06. The van der Waals surface area contributed by atoms with E-state index < -0.39 is 35.8 Å². The van der Waals surface area contributed by atoms with Crippen LogP contribution >= 0.6 is 46.7 Å². The number of rotatable bonds is 2. The highest BCUT2D eigenvalue weighted by Crippen LogP contribution is 2.57. The first kappa shape index (κ1) is 22.9. The van der Waals surface area contributed by atoms with Gasteiger partial charge in [0.05, 0.1) is 19.8 Å². The molecule has 0 saturated carbocycles. The number of halogens is 8. The molecule has 0 saturated heterocycles. The van der Waals surface area contributed by atoms with Gasteiger partial charge in [0.15, 0.2) is 11.5 Å². The third-order valence-electron chi connectivity index (χ3n) is 3.33. The summed E-state index contributed by atoms with van der Waals surface area (Å²) in [4.78, 5) is 22.9. The molecule has 0 spiro atoms. The van der Waals surface area contributed by atoms with E-state index in [1.165, 1.54) is 24.3 Å². The Labute approximate surface area is 181 Å². The van der Waals surface area contributed by atoms with Crippen LogP contribution in [-0.2, 0) is 9.59 Å². The molecule has 0 bridgehead atoms. The number of carbonyl (C=O) groups excluding carboxylic acids is 2. The molecule has 0 unspecified atom stereocenters. The Hall–Kier alpha value is -1.76. The molecule has 4 nitrogen and oxygen atoms in total. The van der Waals surface area contributed by atoms with Crippen LogP contribution in [0.15, 0.2) is 43.8 Å². The number of esters is 2. The van der Waals surface area contributed by atoms with E-state index in [9.17, 15) is 35.9 Å². The van der Waals surface area contributed by atoms with Gasteiger partial charge in [-0.1, -0.05) is 46.7 Å². The van der Waals surface area contributed by atoms with Crippen LogP contribution in [0.3, 0.4) is 0 Å². The summed E-state index contributed by atoms with van der Waals surface area (Å²) in [5.74, 6) is -6.37. The molecular formula is C16H4Cl2F6O4S2. The highest BCUT2D eigenvalue weighted by Gasteiger charge is 2.44. The van der Waals surface area contributed by atoms with Gasteiger partial charge in [-0.3, -0.25) is 0 Å². The van der Waals surface area contributed by atoms with Crippen LogP contribution in [0.5, 0.6) is 11.5 Å². The predicted molar refractivity (Wildman–Crippen MR) is 94.5 cm³/mol. The van der Waals surface area contributed by atoms with Gasteiger partial charge < -0.3 is 9.47 Å². The first-order chi connectivity index (χ1) is 13.8. The molecule has 160 valence electrons. The summed E-state index contributed by atoms with van der Waals surface area (Å²) in [7, 11) is 0. The molecule has 0 aromatic heterocycles. The van der Waals surface area contributed by atoms with Gasteiger partial charge >= 0.3 is 24.3 Å². The summed E-state index contributed by atoms with van der Waals surface area (Å²) >= 11 is 13.2. The van der Waals surface area contributed by atoms with Gasteiger partial charge in [-0.2, -0.15) is 26.3 Å². The number of alkyl halides is 6. The van der Waals surface area contributed by atoms with Crippen molar-refractivity contribution >= 4 is 58.7 Å². The van der Waals surface area contributed by atoms with E-state index in [0.29, 0.717) is 21.6 Å². The fourth-order valence-corrected chi connectivity index (χ4v) is 5.02. The molecular weight excluding hydrogens is 505 g/mol. The fourth-order valence-electron chi connectivity index (χ4n) is 2.11. The van der Waals surface area contributed by atoms with Gasteiger partial charge in [0, 0.05) is 9.79 Å². The maximum atomic E-state index is 12.6. The zero-order chi connectivity index (χ0) is 22.4. The van der Waals surface area contributed by atoms with Crippen molar-refractivity contribution in [3.05, 3.63) is 34.3 Å². The average molecular weight is 509 g/mol. The molecule has 0 amide bonds. The van der Waals surface area contributed by atoms with Gasteiger partial charge in [-0.05, 0) is 24.3 Å². The molecule has 1 aliphatic rings. The van der Waals surface area contributed by atoms with E-state index >= 15 is 0 Å². The first-order valence-electron chi connectivity index (χ1n) is 7.37. The number of fused-ring (bicyclic) bond motifs is 2. The lowest BCUT2D eigenvalue weighted by molar-refractivity contribution is -0.189. The second-order valence-electron chi connectivity index (χ2n) is 5.39. The number of ether oxygens (including phenoxy) is 2. The molecule has 14 heteroatoms. The molecule has 0 N–H and O–H groups in total. The monoisotopic (exact) mass is 508 g/mol. The van der Waals surface area contributed by atoms with Crippen molar-refractivity contribution in [3.63, 3.8) is 0 Å². The molecule has 1 aliphatic heterocycles. The van der Waals surface area contributed by atoms with Crippen molar-refractivity contribution in [3.8, 4) is 11.5 Å². The van der Waals surface area contributed by atoms with Crippen LogP contribution in [0.1, 0.15) is 0 Å². The number of carbonyl (C=O) groups is 2. The zero-order valence-corrected chi connectivity index (χ0v) is 16.9. The Morgan fingerprint density at radius 3 is 1.40 bits per heavy atom. The van der Waals surface area contributed by atoms with Crippen molar-refractivity contribution in [2.24, 2.45) is 0 Å². The summed E-state index contributed by atoms with van der Waals surface area (Å²) in [6.07, 6.45) is -10.6. The third kappa shape index (κ3) is 4.61. The second kappa shape index (κ2) is 8.06. The van der Waals surface area contributed by atoms with E-state index in [0.717, 1.165) is 11.8 Å². The largest absolute Gasteiger partial charge is 0.491 e. The van der Waals surface area contributed by atoms with E-state index in [1.54, 1.807) is 0 Å². The number of hydrogen-bond donors (Lipinski definition) is 0. The average Bonchev–Trinajstić information content (AvgIpc) is 2.63. The maximum Gasteiger partial charge on any atom is 0.491 e. The predicted octanol–water partition coefficient (Wildman–Crippen LogP) is 6.54. The Kier molecular flexibility index (Phi) is 6.16. The molecule has 2 aromatic rings. The van der Waals surface area contributed by atoms with Crippen LogP contribution in [0.2, 0.25) is 10.0 Å². The van der Waals surface area contributed by atoms with E-state index in [2.05, 4.69) is 9.47 Å². The van der Waals surface area contributed by atoms with E-state index in [1.807, 2.05) is 0 Å². The fraction of sp³-hybridized carbons (Fsp3) is 0.125. The van der Waals surface area contributed by atoms with Crippen molar-refractivity contribution in [2.45, 2.75) is 31.9 Å². The minimum atomic E-state index is -5.31. The van der Waals surface area contributed by atoms with Crippen molar-refractivity contribution in [1.29, 1.82) is 0 Å². The minimum absolute atomic E-state index is 0.0934. The highest BCUT2D eigenvalue weighted by atomic mass is 35.5. The van der Waals surface area contributed by atoms with Crippen molar-refractivity contribution < 1.29 is 45.4 Å². The second-order valence-corrected chi connectivity index (χ2v) is 8.31. The quantitative estimate of drug-likeness (QED) is 0.222. The summed E-state index contributed by atoms with van der Waals surface area (Å²) < 4.78 is 84.3. The van der Waals surface area contributed by atoms with E-state index in [-0.39, 0.29) is 19.8 Å². The lowest BCUT2D eigenvalue weighted by Crippen LogP contribution is -2.28. The molecule has 2 aromatic carbocycles. The SMILES string of the molecule is O=C(Oc1c(Cl)ccc2c1Sc1c(ccc(Cl)c1OC(=O)C(F)(F)F)S2)C(F)(F)F. The van der Waals surface area contributed by atoms with Crippen LogP contribution in [-0.4, -0.2) is 24.3 Å². The lowest BCUT2D eigenvalue weighted by Gasteiger charge is -2.23. The standard InChI is InChI=1S/C16H4Cl2F6O4S2/c17-5-1-3-7-11(9(5)27-13(25)15(19,20)21)30-12-8(29-7)4-2-6(18)10(12)28-14(26)16(22,23)24/h1-4H. The first-order valence-corrected chi connectivity index (χ1v) is 9.76. The van der Waals surface area contributed by atoms with Crippen LogP contribution < -0.4 is 9.47 Å². The van der Waals surface area contributed by atoms with Gasteiger partial charge in [0.25, 0.3) is 0 Å². The Bertz CT molecular complexity index is 974. The van der Waals surface area contributed by atoms with Crippen LogP contribution in [0.25, 0.3) is 0 Å². The van der Waals surface area contributed by atoms with Gasteiger partial charge in [-0.15, -0.1) is 0 Å². The lowest BCUT2D eigenvalue weighted by atomic mass is 10.3. The van der Waals surface area contributed by atoms with Gasteiger partial charge in [0.1, 0.15) is 0 Å². The molecule has 1 heterocycles. The summed E-state index contributed by atoms with van der Waals surface area (Å²) in [6, 6.07) is 5.22. The van der Waals surface area contributed by atoms with Crippen LogP contribution in [0, 0.1) is 0 Å². The van der Waals surface area contributed by atoms with Crippen LogP contribution in [0.4, 0.5) is 26.3 Å². The highest BCUT2D eigenvalue weighted by molar-refractivity contribution is 8.05. The molecule has 0 atom stereocenters. The Morgan fingerprint density at radius 2 is 1.07 bits per heavy atom. The van der Waals surface area contributed by atoms with Gasteiger partial charge in [-0.25, -0.2) is 9.59 Å². The molecule has 3 rings (SSSR count). The van der Waals surface area contributed by atoms with Crippen molar-refractivity contribution in [1.82, 2.24) is 0 Å². The molecule has 30 heavy (non-hydrogen) atoms. The summed E-state index contributed by atoms with van der Waals surface area (Å²) in [5.41, 5.74) is 0. The topological polar surface area (TPSA) is 52.6 Å². The molecule has 0 aliphatic carbocycles. The third-order valence-corrected chi connectivity index (χ3v) is 6.53. The number of benzene rings is 2.